The Balaban J connectivity index is 2.54. The number of nitrogens with two attached hydrogens (primary N) is 1. The van der Waals surface area contributed by atoms with Gasteiger partial charge >= 0.3 is 0 Å². The van der Waals surface area contributed by atoms with E-state index >= 15 is 0 Å². The van der Waals surface area contributed by atoms with Crippen LogP contribution in [0, 0.1) is 0 Å². The van der Waals surface area contributed by atoms with Crippen molar-refractivity contribution in [3.05, 3.63) is 35.9 Å². The van der Waals surface area contributed by atoms with Gasteiger partial charge in [-0.05, 0) is 5.56 Å². The van der Waals surface area contributed by atoms with Crippen LogP contribution in [0.2, 0.25) is 0 Å². The summed E-state index contributed by atoms with van der Waals surface area (Å²) in [4.78, 5) is 13.0. The van der Waals surface area contributed by atoms with Crippen molar-refractivity contribution in [2.24, 2.45) is 5.84 Å². The van der Waals surface area contributed by atoms with Crippen molar-refractivity contribution in [2.45, 2.75) is 6.54 Å². The summed E-state index contributed by atoms with van der Waals surface area (Å²) < 4.78 is 0. The third kappa shape index (κ3) is 4.39. The van der Waals surface area contributed by atoms with Crippen LogP contribution in [0.3, 0.4) is 0 Å². The van der Waals surface area contributed by atoms with Crippen molar-refractivity contribution in [1.29, 1.82) is 0 Å². The summed E-state index contributed by atoms with van der Waals surface area (Å²) in [5.74, 6) is 4.76. The van der Waals surface area contributed by atoms with Crippen LogP contribution in [0.4, 0.5) is 0 Å². The second kappa shape index (κ2) is 6.95. The molecule has 0 unspecified atom stereocenters. The molecule has 0 radical (unpaired) electrons. The minimum atomic E-state index is -0.260. The number of nitrogens with one attached hydrogen (secondary N) is 1. The van der Waals surface area contributed by atoms with Crippen LogP contribution in [-0.2, 0) is 11.3 Å². The lowest BCUT2D eigenvalue weighted by molar-refractivity contribution is -0.122. The fourth-order valence-electron chi connectivity index (χ4n) is 1.45. The molecular weight excluding hydrogens is 206 g/mol. The standard InChI is InChI=1S/C11H17N3O2/c12-13-11(16)9-14(6-7-15)8-10-4-2-1-3-5-10/h1-5,15H,6-9,12H2,(H,13,16). The first-order valence-electron chi connectivity index (χ1n) is 5.13. The van der Waals surface area contributed by atoms with E-state index in [2.05, 4.69) is 5.43 Å². The van der Waals surface area contributed by atoms with E-state index in [0.717, 1.165) is 5.56 Å². The van der Waals surface area contributed by atoms with E-state index in [-0.39, 0.29) is 19.1 Å². The summed E-state index contributed by atoms with van der Waals surface area (Å²) in [6, 6.07) is 9.77. The quantitative estimate of drug-likeness (QED) is 0.344. The first kappa shape index (κ1) is 12.6. The summed E-state index contributed by atoms with van der Waals surface area (Å²) in [7, 11) is 0. The van der Waals surface area contributed by atoms with Gasteiger partial charge in [0.15, 0.2) is 0 Å². The number of hydrogen-bond acceptors (Lipinski definition) is 4. The van der Waals surface area contributed by atoms with Gasteiger partial charge in [-0.15, -0.1) is 0 Å². The molecule has 0 atom stereocenters. The van der Waals surface area contributed by atoms with Crippen molar-refractivity contribution in [2.75, 3.05) is 19.7 Å². The molecule has 0 aliphatic rings. The molecule has 16 heavy (non-hydrogen) atoms. The number of aliphatic hydroxyl groups excluding tert-OH is 1. The van der Waals surface area contributed by atoms with Gasteiger partial charge in [-0.25, -0.2) is 5.84 Å². The van der Waals surface area contributed by atoms with Crippen LogP contribution in [0.25, 0.3) is 0 Å². The molecule has 0 aliphatic heterocycles. The van der Waals surface area contributed by atoms with E-state index in [1.807, 2.05) is 35.2 Å². The van der Waals surface area contributed by atoms with Crippen molar-refractivity contribution >= 4 is 5.91 Å². The number of aliphatic hydroxyl groups is 1. The molecule has 0 bridgehead atoms. The molecule has 5 heteroatoms. The van der Waals surface area contributed by atoms with Gasteiger partial charge in [0.05, 0.1) is 13.2 Å². The Morgan fingerprint density at radius 3 is 2.62 bits per heavy atom. The SMILES string of the molecule is NNC(=O)CN(CCO)Cc1ccccc1. The minimum absolute atomic E-state index is 0.0185. The van der Waals surface area contributed by atoms with Crippen LogP contribution < -0.4 is 11.3 Å². The van der Waals surface area contributed by atoms with Crippen LogP contribution >= 0.6 is 0 Å². The smallest absolute Gasteiger partial charge is 0.248 e. The zero-order valence-corrected chi connectivity index (χ0v) is 9.10. The van der Waals surface area contributed by atoms with E-state index < -0.39 is 0 Å². The predicted octanol–water partition coefficient (Wildman–Crippen LogP) is -0.529. The highest BCUT2D eigenvalue weighted by Gasteiger charge is 2.09. The number of amides is 1. The fraction of sp³-hybridized carbons (Fsp3) is 0.364. The van der Waals surface area contributed by atoms with E-state index in [4.69, 9.17) is 10.9 Å². The lowest BCUT2D eigenvalue weighted by Crippen LogP contribution is -2.41. The Bertz CT molecular complexity index is 316. The lowest BCUT2D eigenvalue weighted by Gasteiger charge is -2.20. The summed E-state index contributed by atoms with van der Waals surface area (Å²) >= 11 is 0. The number of nitrogens with zero attached hydrogens (tertiary/aromatic N) is 1. The summed E-state index contributed by atoms with van der Waals surface area (Å²) in [5, 5.41) is 8.90. The molecule has 0 saturated heterocycles. The highest BCUT2D eigenvalue weighted by Crippen LogP contribution is 2.03. The van der Waals surface area contributed by atoms with E-state index in [1.54, 1.807) is 0 Å². The predicted molar refractivity (Wildman–Crippen MR) is 61.1 cm³/mol. The molecule has 1 aromatic rings. The normalized spacial score (nSPS) is 10.4. The first-order chi connectivity index (χ1) is 7.76. The number of benzene rings is 1. The number of hydrogen-bond donors (Lipinski definition) is 3. The molecule has 0 aromatic heterocycles. The maximum Gasteiger partial charge on any atom is 0.248 e. The highest BCUT2D eigenvalue weighted by molar-refractivity contribution is 5.77. The van der Waals surface area contributed by atoms with Crippen LogP contribution in [-0.4, -0.2) is 35.6 Å². The Morgan fingerprint density at radius 1 is 1.38 bits per heavy atom. The van der Waals surface area contributed by atoms with Gasteiger partial charge in [0.2, 0.25) is 5.91 Å². The van der Waals surface area contributed by atoms with Gasteiger partial charge in [-0.2, -0.15) is 0 Å². The zero-order chi connectivity index (χ0) is 11.8. The van der Waals surface area contributed by atoms with Crippen LogP contribution in [0.15, 0.2) is 30.3 Å². The second-order valence-electron chi connectivity index (χ2n) is 3.49. The number of carbonyl (C=O) groups excluding carboxylic acids is 1. The average molecular weight is 223 g/mol. The van der Waals surface area contributed by atoms with Crippen molar-refractivity contribution in [1.82, 2.24) is 10.3 Å². The second-order valence-corrected chi connectivity index (χ2v) is 3.49. The highest BCUT2D eigenvalue weighted by atomic mass is 16.3. The van der Waals surface area contributed by atoms with Crippen molar-refractivity contribution < 1.29 is 9.90 Å². The number of hydrazine groups is 1. The fourth-order valence-corrected chi connectivity index (χ4v) is 1.45. The third-order valence-electron chi connectivity index (χ3n) is 2.19. The molecule has 4 N–H and O–H groups in total. The molecule has 0 spiro atoms. The Labute approximate surface area is 94.8 Å². The largest absolute Gasteiger partial charge is 0.395 e. The molecule has 5 nitrogen and oxygen atoms in total. The Hall–Kier alpha value is -1.43. The number of rotatable bonds is 6. The summed E-state index contributed by atoms with van der Waals surface area (Å²) in [6.45, 7) is 1.27. The molecule has 1 amide bonds. The van der Waals surface area contributed by atoms with Crippen molar-refractivity contribution in [3.8, 4) is 0 Å². The average Bonchev–Trinajstić information content (AvgIpc) is 2.30. The van der Waals surface area contributed by atoms with Crippen LogP contribution in [0.1, 0.15) is 5.56 Å². The third-order valence-corrected chi connectivity index (χ3v) is 2.19. The Kier molecular flexibility index (Phi) is 5.49. The molecule has 88 valence electrons. The summed E-state index contributed by atoms with van der Waals surface area (Å²) in [5.41, 5.74) is 3.18. The van der Waals surface area contributed by atoms with Gasteiger partial charge in [-0.3, -0.25) is 15.1 Å². The van der Waals surface area contributed by atoms with Gasteiger partial charge < -0.3 is 5.11 Å². The molecule has 0 heterocycles. The molecule has 1 rings (SSSR count). The van der Waals surface area contributed by atoms with E-state index in [9.17, 15) is 4.79 Å². The number of carbonyl (C=O) groups is 1. The topological polar surface area (TPSA) is 78.6 Å². The van der Waals surface area contributed by atoms with Gasteiger partial charge in [0.1, 0.15) is 0 Å². The molecule has 0 aliphatic carbocycles. The van der Waals surface area contributed by atoms with E-state index in [1.165, 1.54) is 0 Å². The van der Waals surface area contributed by atoms with E-state index in [0.29, 0.717) is 13.1 Å². The first-order valence-corrected chi connectivity index (χ1v) is 5.13. The monoisotopic (exact) mass is 223 g/mol. The molecule has 0 saturated carbocycles. The maximum atomic E-state index is 11.1. The maximum absolute atomic E-state index is 11.1. The Morgan fingerprint density at radius 2 is 2.06 bits per heavy atom. The van der Waals surface area contributed by atoms with Gasteiger partial charge in [0.25, 0.3) is 0 Å². The summed E-state index contributed by atoms with van der Waals surface area (Å²) in [6.07, 6.45) is 0. The van der Waals surface area contributed by atoms with Gasteiger partial charge in [-0.1, -0.05) is 30.3 Å². The lowest BCUT2D eigenvalue weighted by atomic mass is 10.2. The zero-order valence-electron chi connectivity index (χ0n) is 9.10. The minimum Gasteiger partial charge on any atom is -0.395 e. The van der Waals surface area contributed by atoms with Gasteiger partial charge in [0, 0.05) is 13.1 Å². The molecular formula is C11H17N3O2. The molecule has 0 fully saturated rings. The molecule has 1 aromatic carbocycles. The van der Waals surface area contributed by atoms with Crippen molar-refractivity contribution in [3.63, 3.8) is 0 Å². The van der Waals surface area contributed by atoms with Crippen LogP contribution in [0.5, 0.6) is 0 Å².